The van der Waals surface area contributed by atoms with Gasteiger partial charge in [-0.1, -0.05) is 26.0 Å². The molecule has 1 aromatic rings. The van der Waals surface area contributed by atoms with E-state index in [-0.39, 0.29) is 17.6 Å². The Kier molecular flexibility index (Phi) is 6.09. The molecule has 3 nitrogen and oxygen atoms in total. The normalized spacial score (nSPS) is 12.8. The van der Waals surface area contributed by atoms with Crippen molar-refractivity contribution >= 4 is 0 Å². The Hall–Kier alpha value is -1.13. The number of hydrogen-bond donors (Lipinski definition) is 1. The van der Waals surface area contributed by atoms with E-state index in [1.165, 1.54) is 6.07 Å². The van der Waals surface area contributed by atoms with Gasteiger partial charge < -0.3 is 15.2 Å². The smallest absolute Gasteiger partial charge is 0.165 e. The Labute approximate surface area is 108 Å². The van der Waals surface area contributed by atoms with Gasteiger partial charge in [0, 0.05) is 18.2 Å². The Morgan fingerprint density at radius 2 is 1.94 bits per heavy atom. The molecular weight excluding hydrogens is 233 g/mol. The fourth-order valence-corrected chi connectivity index (χ4v) is 1.56. The molecule has 0 amide bonds. The molecule has 1 aromatic carbocycles. The largest absolute Gasteiger partial charge is 0.488 e. The van der Waals surface area contributed by atoms with E-state index in [2.05, 4.69) is 13.8 Å². The zero-order valence-electron chi connectivity index (χ0n) is 11.3. The molecule has 18 heavy (non-hydrogen) atoms. The van der Waals surface area contributed by atoms with Gasteiger partial charge in [-0.2, -0.15) is 0 Å². The van der Waals surface area contributed by atoms with Crippen LogP contribution in [0.5, 0.6) is 5.75 Å². The molecule has 0 spiro atoms. The summed E-state index contributed by atoms with van der Waals surface area (Å²) in [5.41, 5.74) is 6.46. The van der Waals surface area contributed by atoms with Crippen LogP contribution in [0.3, 0.4) is 0 Å². The highest BCUT2D eigenvalue weighted by Gasteiger charge is 2.12. The molecule has 0 saturated heterocycles. The van der Waals surface area contributed by atoms with Crippen LogP contribution in [0.25, 0.3) is 0 Å². The summed E-state index contributed by atoms with van der Waals surface area (Å²) in [5.74, 6) is 0.340. The summed E-state index contributed by atoms with van der Waals surface area (Å²) in [4.78, 5) is 0. The molecule has 1 unspecified atom stereocenters. The monoisotopic (exact) mass is 255 g/mol. The first-order valence-electron chi connectivity index (χ1n) is 6.27. The predicted molar refractivity (Wildman–Crippen MR) is 70.2 cm³/mol. The van der Waals surface area contributed by atoms with Crippen LogP contribution in [-0.2, 0) is 4.74 Å². The minimum Gasteiger partial charge on any atom is -0.488 e. The van der Waals surface area contributed by atoms with Gasteiger partial charge in [0.2, 0.25) is 0 Å². The third kappa shape index (κ3) is 4.63. The summed E-state index contributed by atoms with van der Waals surface area (Å²) in [5, 5.41) is 0. The summed E-state index contributed by atoms with van der Waals surface area (Å²) in [6.45, 7) is 7.41. The zero-order chi connectivity index (χ0) is 13.5. The standard InChI is InChI=1S/C14H22FNO2/c1-10(2)9-17-7-8-18-14-12(11(3)16)5-4-6-13(14)15/h4-6,10-11H,7-9,16H2,1-3H3. The van der Waals surface area contributed by atoms with Gasteiger partial charge in [0.1, 0.15) is 6.61 Å². The number of halogens is 1. The van der Waals surface area contributed by atoms with Gasteiger partial charge in [-0.25, -0.2) is 4.39 Å². The molecule has 0 aromatic heterocycles. The van der Waals surface area contributed by atoms with Crippen molar-refractivity contribution in [1.29, 1.82) is 0 Å². The molecule has 1 rings (SSSR count). The summed E-state index contributed by atoms with van der Waals surface area (Å²) >= 11 is 0. The van der Waals surface area contributed by atoms with Crippen molar-refractivity contribution in [3.05, 3.63) is 29.6 Å². The summed E-state index contributed by atoms with van der Waals surface area (Å²) in [6.07, 6.45) is 0. The van der Waals surface area contributed by atoms with Crippen molar-refractivity contribution in [2.24, 2.45) is 11.7 Å². The molecule has 0 bridgehead atoms. The van der Waals surface area contributed by atoms with Gasteiger partial charge in [0.05, 0.1) is 6.61 Å². The van der Waals surface area contributed by atoms with Crippen molar-refractivity contribution in [3.8, 4) is 5.75 Å². The van der Waals surface area contributed by atoms with E-state index >= 15 is 0 Å². The highest BCUT2D eigenvalue weighted by molar-refractivity contribution is 5.36. The lowest BCUT2D eigenvalue weighted by Gasteiger charge is -2.15. The maximum atomic E-state index is 13.6. The molecule has 0 radical (unpaired) electrons. The fraction of sp³-hybridized carbons (Fsp3) is 0.571. The van der Waals surface area contributed by atoms with E-state index in [0.29, 0.717) is 31.3 Å². The number of para-hydroxylation sites is 1. The Balaban J connectivity index is 2.51. The van der Waals surface area contributed by atoms with E-state index in [1.54, 1.807) is 19.1 Å². The number of ether oxygens (including phenoxy) is 2. The van der Waals surface area contributed by atoms with Crippen molar-refractivity contribution in [1.82, 2.24) is 0 Å². The van der Waals surface area contributed by atoms with Crippen LogP contribution in [-0.4, -0.2) is 19.8 Å². The second kappa shape index (κ2) is 7.34. The number of rotatable bonds is 7. The maximum absolute atomic E-state index is 13.6. The van der Waals surface area contributed by atoms with Crippen molar-refractivity contribution in [3.63, 3.8) is 0 Å². The summed E-state index contributed by atoms with van der Waals surface area (Å²) in [6, 6.07) is 4.52. The SMILES string of the molecule is CC(C)COCCOc1c(F)cccc1C(C)N. The molecule has 1 atom stereocenters. The molecular formula is C14H22FNO2. The van der Waals surface area contributed by atoms with Crippen LogP contribution in [0, 0.1) is 11.7 Å². The van der Waals surface area contributed by atoms with Crippen LogP contribution in [0.15, 0.2) is 18.2 Å². The van der Waals surface area contributed by atoms with Gasteiger partial charge in [-0.3, -0.25) is 0 Å². The van der Waals surface area contributed by atoms with Crippen LogP contribution in [0.1, 0.15) is 32.4 Å². The highest BCUT2D eigenvalue weighted by Crippen LogP contribution is 2.26. The molecule has 0 aliphatic carbocycles. The Morgan fingerprint density at radius 1 is 1.22 bits per heavy atom. The lowest BCUT2D eigenvalue weighted by Crippen LogP contribution is -2.14. The van der Waals surface area contributed by atoms with Crippen molar-refractivity contribution < 1.29 is 13.9 Å². The Morgan fingerprint density at radius 3 is 2.56 bits per heavy atom. The quantitative estimate of drug-likeness (QED) is 0.762. The van der Waals surface area contributed by atoms with Crippen LogP contribution in [0.4, 0.5) is 4.39 Å². The van der Waals surface area contributed by atoms with Crippen LogP contribution in [0.2, 0.25) is 0 Å². The molecule has 4 heteroatoms. The average molecular weight is 255 g/mol. The van der Waals surface area contributed by atoms with Crippen molar-refractivity contribution in [2.45, 2.75) is 26.8 Å². The summed E-state index contributed by atoms with van der Waals surface area (Å²) < 4.78 is 24.4. The number of benzene rings is 1. The lowest BCUT2D eigenvalue weighted by atomic mass is 10.1. The van der Waals surface area contributed by atoms with E-state index in [1.807, 2.05) is 0 Å². The number of hydrogen-bond acceptors (Lipinski definition) is 3. The highest BCUT2D eigenvalue weighted by atomic mass is 19.1. The number of nitrogens with two attached hydrogens (primary N) is 1. The predicted octanol–water partition coefficient (Wildman–Crippen LogP) is 2.90. The minimum atomic E-state index is -0.381. The zero-order valence-corrected chi connectivity index (χ0v) is 11.3. The van der Waals surface area contributed by atoms with E-state index in [0.717, 1.165) is 0 Å². The van der Waals surface area contributed by atoms with E-state index in [4.69, 9.17) is 15.2 Å². The van der Waals surface area contributed by atoms with E-state index in [9.17, 15) is 4.39 Å². The minimum absolute atomic E-state index is 0.237. The van der Waals surface area contributed by atoms with Gasteiger partial charge >= 0.3 is 0 Å². The average Bonchev–Trinajstić information content (AvgIpc) is 2.29. The van der Waals surface area contributed by atoms with Gasteiger partial charge in [-0.15, -0.1) is 0 Å². The van der Waals surface area contributed by atoms with E-state index < -0.39 is 0 Å². The Bertz CT molecular complexity index is 367. The second-order valence-electron chi connectivity index (χ2n) is 4.76. The summed E-state index contributed by atoms with van der Waals surface area (Å²) in [7, 11) is 0. The first kappa shape index (κ1) is 14.9. The molecule has 0 aliphatic heterocycles. The molecule has 0 heterocycles. The molecule has 0 aliphatic rings. The van der Waals surface area contributed by atoms with Crippen molar-refractivity contribution in [2.75, 3.05) is 19.8 Å². The molecule has 2 N–H and O–H groups in total. The first-order chi connectivity index (χ1) is 8.52. The van der Waals surface area contributed by atoms with Gasteiger partial charge in [0.15, 0.2) is 11.6 Å². The van der Waals surface area contributed by atoms with Gasteiger partial charge in [0.25, 0.3) is 0 Å². The van der Waals surface area contributed by atoms with Gasteiger partial charge in [-0.05, 0) is 18.9 Å². The van der Waals surface area contributed by atoms with Crippen LogP contribution >= 0.6 is 0 Å². The first-order valence-corrected chi connectivity index (χ1v) is 6.27. The molecule has 102 valence electrons. The molecule has 0 fully saturated rings. The topological polar surface area (TPSA) is 44.5 Å². The fourth-order valence-electron chi connectivity index (χ4n) is 1.56. The lowest BCUT2D eigenvalue weighted by molar-refractivity contribution is 0.0804. The third-order valence-corrected chi connectivity index (χ3v) is 2.41. The third-order valence-electron chi connectivity index (χ3n) is 2.41. The molecule has 0 saturated carbocycles. The second-order valence-corrected chi connectivity index (χ2v) is 4.76. The maximum Gasteiger partial charge on any atom is 0.165 e. The van der Waals surface area contributed by atoms with Crippen LogP contribution < -0.4 is 10.5 Å².